The van der Waals surface area contributed by atoms with Crippen molar-refractivity contribution in [1.29, 1.82) is 0 Å². The number of hydrogen-bond donors (Lipinski definition) is 2. The molecular weight excluding hydrogens is 387 g/mol. The number of halogens is 3. The highest BCUT2D eigenvalue weighted by atomic mass is 32.2. The molecule has 0 saturated heterocycles. The van der Waals surface area contributed by atoms with E-state index in [4.69, 9.17) is 0 Å². The standard InChI is InChI=1S/C16H14F3N3O4S/c1-2-27(25,26)12-5-9(15(23)24)3-4-10(12)11-7-22-8-20-13(16(17,18)19)6-14(22)21-11/h3-8,15,23-24H,2H2,1H3. The molecule has 0 radical (unpaired) electrons. The number of fused-ring (bicyclic) bond motifs is 1. The molecular formula is C16H14F3N3O4S. The van der Waals surface area contributed by atoms with Crippen molar-refractivity contribution in [2.45, 2.75) is 24.3 Å². The first-order chi connectivity index (χ1) is 12.5. The van der Waals surface area contributed by atoms with Crippen LogP contribution in [0.3, 0.4) is 0 Å². The fraction of sp³-hybridized carbons (Fsp3) is 0.250. The highest BCUT2D eigenvalue weighted by Crippen LogP contribution is 2.32. The maximum Gasteiger partial charge on any atom is 0.433 e. The summed E-state index contributed by atoms with van der Waals surface area (Å²) in [4.78, 5) is 7.21. The van der Waals surface area contributed by atoms with Crippen LogP contribution in [0.2, 0.25) is 0 Å². The first-order valence-corrected chi connectivity index (χ1v) is 9.33. The molecule has 0 saturated carbocycles. The first-order valence-electron chi connectivity index (χ1n) is 7.68. The average molecular weight is 401 g/mol. The van der Waals surface area contributed by atoms with Crippen molar-refractivity contribution in [2.75, 3.05) is 5.75 Å². The molecule has 2 heterocycles. The van der Waals surface area contributed by atoms with Gasteiger partial charge in [-0.25, -0.2) is 18.4 Å². The Kier molecular flexibility index (Phi) is 4.70. The lowest BCUT2D eigenvalue weighted by molar-refractivity contribution is -0.141. The van der Waals surface area contributed by atoms with Gasteiger partial charge in [-0.05, 0) is 6.07 Å². The minimum Gasteiger partial charge on any atom is -0.364 e. The molecule has 3 aromatic rings. The zero-order chi connectivity index (χ0) is 20.0. The fourth-order valence-electron chi connectivity index (χ4n) is 2.50. The van der Waals surface area contributed by atoms with E-state index in [0.29, 0.717) is 0 Å². The van der Waals surface area contributed by atoms with Crippen LogP contribution in [0.5, 0.6) is 0 Å². The van der Waals surface area contributed by atoms with Crippen LogP contribution < -0.4 is 0 Å². The summed E-state index contributed by atoms with van der Waals surface area (Å²) >= 11 is 0. The van der Waals surface area contributed by atoms with E-state index in [9.17, 15) is 31.8 Å². The first kappa shape index (κ1) is 19.3. The second-order valence-electron chi connectivity index (χ2n) is 5.70. The molecule has 0 fully saturated rings. The quantitative estimate of drug-likeness (QED) is 0.650. The number of rotatable bonds is 4. The summed E-state index contributed by atoms with van der Waals surface area (Å²) in [6.07, 6.45) is -4.22. The van der Waals surface area contributed by atoms with Gasteiger partial charge in [-0.3, -0.25) is 4.40 Å². The number of sulfone groups is 1. The Morgan fingerprint density at radius 2 is 1.93 bits per heavy atom. The normalized spacial score (nSPS) is 12.9. The minimum atomic E-state index is -4.64. The van der Waals surface area contributed by atoms with E-state index in [2.05, 4.69) is 9.97 Å². The molecule has 144 valence electrons. The van der Waals surface area contributed by atoms with E-state index in [0.717, 1.165) is 18.5 Å². The Morgan fingerprint density at radius 3 is 2.52 bits per heavy atom. The van der Waals surface area contributed by atoms with Gasteiger partial charge < -0.3 is 10.2 Å². The van der Waals surface area contributed by atoms with Gasteiger partial charge in [-0.15, -0.1) is 0 Å². The van der Waals surface area contributed by atoms with Crippen LogP contribution in [0, 0.1) is 0 Å². The van der Waals surface area contributed by atoms with Crippen LogP contribution in [0.25, 0.3) is 16.9 Å². The lowest BCUT2D eigenvalue weighted by Gasteiger charge is -2.11. The van der Waals surface area contributed by atoms with Gasteiger partial charge in [0.2, 0.25) is 0 Å². The number of aliphatic hydroxyl groups is 2. The number of imidazole rings is 1. The van der Waals surface area contributed by atoms with Crippen LogP contribution in [0.4, 0.5) is 13.2 Å². The highest BCUT2D eigenvalue weighted by molar-refractivity contribution is 7.91. The topological polar surface area (TPSA) is 105 Å². The predicted octanol–water partition coefficient (Wildman–Crippen LogP) is 2.19. The van der Waals surface area contributed by atoms with Crippen molar-refractivity contribution in [1.82, 2.24) is 14.4 Å². The summed E-state index contributed by atoms with van der Waals surface area (Å²) < 4.78 is 64.5. The maximum absolute atomic E-state index is 12.8. The van der Waals surface area contributed by atoms with E-state index in [-0.39, 0.29) is 33.1 Å². The van der Waals surface area contributed by atoms with Gasteiger partial charge in [0.1, 0.15) is 17.7 Å². The molecule has 0 spiro atoms. The summed E-state index contributed by atoms with van der Waals surface area (Å²) in [6, 6.07) is 4.50. The fourth-order valence-corrected chi connectivity index (χ4v) is 3.63. The summed E-state index contributed by atoms with van der Waals surface area (Å²) in [5, 5.41) is 18.6. The summed E-state index contributed by atoms with van der Waals surface area (Å²) in [5.74, 6) is -0.252. The van der Waals surface area contributed by atoms with E-state index in [1.165, 1.54) is 29.7 Å². The van der Waals surface area contributed by atoms with Gasteiger partial charge in [0.15, 0.2) is 16.1 Å². The van der Waals surface area contributed by atoms with Gasteiger partial charge in [0.25, 0.3) is 0 Å². The maximum atomic E-state index is 12.8. The van der Waals surface area contributed by atoms with E-state index in [1.807, 2.05) is 0 Å². The summed E-state index contributed by atoms with van der Waals surface area (Å²) in [7, 11) is -3.77. The van der Waals surface area contributed by atoms with E-state index < -0.39 is 28.0 Å². The molecule has 2 N–H and O–H groups in total. The minimum absolute atomic E-state index is 0.0319. The summed E-state index contributed by atoms with van der Waals surface area (Å²) in [5.41, 5.74) is -0.957. The lowest BCUT2D eigenvalue weighted by atomic mass is 10.1. The molecule has 27 heavy (non-hydrogen) atoms. The molecule has 0 amide bonds. The largest absolute Gasteiger partial charge is 0.433 e. The number of aromatic nitrogens is 3. The molecule has 0 atom stereocenters. The van der Waals surface area contributed by atoms with Crippen molar-refractivity contribution < 1.29 is 31.8 Å². The molecule has 3 rings (SSSR count). The van der Waals surface area contributed by atoms with Crippen molar-refractivity contribution in [2.24, 2.45) is 0 Å². The summed E-state index contributed by atoms with van der Waals surface area (Å²) in [6.45, 7) is 1.42. The number of alkyl halides is 3. The van der Waals surface area contributed by atoms with Gasteiger partial charge >= 0.3 is 6.18 Å². The number of hydrogen-bond acceptors (Lipinski definition) is 6. The third-order valence-electron chi connectivity index (χ3n) is 3.93. The lowest BCUT2D eigenvalue weighted by Crippen LogP contribution is -2.08. The highest BCUT2D eigenvalue weighted by Gasteiger charge is 2.33. The van der Waals surface area contributed by atoms with Crippen molar-refractivity contribution in [3.63, 3.8) is 0 Å². The van der Waals surface area contributed by atoms with Gasteiger partial charge in [-0.1, -0.05) is 19.1 Å². The molecule has 0 bridgehead atoms. The molecule has 0 aliphatic heterocycles. The molecule has 11 heteroatoms. The smallest absolute Gasteiger partial charge is 0.364 e. The third kappa shape index (κ3) is 3.66. The van der Waals surface area contributed by atoms with Crippen LogP contribution in [0.15, 0.2) is 41.7 Å². The second kappa shape index (κ2) is 6.59. The SMILES string of the molecule is CCS(=O)(=O)c1cc(C(O)O)ccc1-c1cn2cnc(C(F)(F)F)cc2n1. The van der Waals surface area contributed by atoms with Crippen LogP contribution in [-0.4, -0.2) is 38.8 Å². The zero-order valence-corrected chi connectivity index (χ0v) is 14.7. The molecule has 1 aromatic carbocycles. The Bertz CT molecular complexity index is 1110. The van der Waals surface area contributed by atoms with Gasteiger partial charge in [-0.2, -0.15) is 13.2 Å². The molecule has 2 aromatic heterocycles. The Balaban J connectivity index is 2.21. The predicted molar refractivity (Wildman–Crippen MR) is 88.3 cm³/mol. The monoisotopic (exact) mass is 401 g/mol. The Labute approximate surface area is 151 Å². The number of aliphatic hydroxyl groups excluding tert-OH is 1. The van der Waals surface area contributed by atoms with Gasteiger partial charge in [0.05, 0.1) is 16.3 Å². The Morgan fingerprint density at radius 1 is 1.22 bits per heavy atom. The molecule has 0 aliphatic carbocycles. The van der Waals surface area contributed by atoms with Crippen molar-refractivity contribution in [3.8, 4) is 11.3 Å². The van der Waals surface area contributed by atoms with Crippen LogP contribution >= 0.6 is 0 Å². The van der Waals surface area contributed by atoms with E-state index in [1.54, 1.807) is 0 Å². The number of benzene rings is 1. The van der Waals surface area contributed by atoms with Crippen molar-refractivity contribution in [3.05, 3.63) is 48.0 Å². The van der Waals surface area contributed by atoms with E-state index >= 15 is 0 Å². The zero-order valence-electron chi connectivity index (χ0n) is 13.8. The van der Waals surface area contributed by atoms with Crippen LogP contribution in [0.1, 0.15) is 24.5 Å². The third-order valence-corrected chi connectivity index (χ3v) is 5.70. The van der Waals surface area contributed by atoms with Crippen LogP contribution in [-0.2, 0) is 16.0 Å². The second-order valence-corrected chi connectivity index (χ2v) is 7.94. The Hall–Kier alpha value is -2.50. The molecule has 0 unspecified atom stereocenters. The number of nitrogens with zero attached hydrogens (tertiary/aromatic N) is 3. The molecule has 0 aliphatic rings. The van der Waals surface area contributed by atoms with Gasteiger partial charge in [0, 0.05) is 23.4 Å². The average Bonchev–Trinajstić information content (AvgIpc) is 3.03. The molecule has 7 nitrogen and oxygen atoms in total. The van der Waals surface area contributed by atoms with Crippen molar-refractivity contribution >= 4 is 15.5 Å².